The molecule has 3 aromatic carbocycles. The summed E-state index contributed by atoms with van der Waals surface area (Å²) in [5.41, 5.74) is 4.13. The van der Waals surface area contributed by atoms with Crippen LogP contribution in [0.25, 0.3) is 0 Å². The van der Waals surface area contributed by atoms with Crippen molar-refractivity contribution in [2.24, 2.45) is 0 Å². The molecule has 0 saturated carbocycles. The van der Waals surface area contributed by atoms with Crippen molar-refractivity contribution < 1.29 is 18.0 Å². The number of nitrogens with one attached hydrogen (secondary N) is 1. The van der Waals surface area contributed by atoms with Gasteiger partial charge in [-0.2, -0.15) is 0 Å². The number of nitrogens with zero attached hydrogens (tertiary/aromatic N) is 2. The molecule has 0 bridgehead atoms. The maximum atomic E-state index is 14.0. The number of benzene rings is 3. The van der Waals surface area contributed by atoms with Gasteiger partial charge in [0.2, 0.25) is 21.8 Å². The minimum absolute atomic E-state index is 0.167. The Morgan fingerprint density at radius 2 is 1.50 bits per heavy atom. The van der Waals surface area contributed by atoms with Crippen LogP contribution in [0.4, 0.5) is 5.69 Å². The van der Waals surface area contributed by atoms with Crippen molar-refractivity contribution in [1.82, 2.24) is 10.2 Å². The third-order valence-corrected chi connectivity index (χ3v) is 7.54. The Bertz CT molecular complexity index is 1330. The Morgan fingerprint density at radius 1 is 0.868 bits per heavy atom. The zero-order valence-electron chi connectivity index (χ0n) is 22.6. The molecule has 202 valence electrons. The van der Waals surface area contributed by atoms with Crippen LogP contribution in [-0.2, 0) is 39.0 Å². The maximum Gasteiger partial charge on any atom is 0.244 e. The van der Waals surface area contributed by atoms with Gasteiger partial charge >= 0.3 is 0 Å². The van der Waals surface area contributed by atoms with Crippen molar-refractivity contribution in [2.45, 2.75) is 46.2 Å². The van der Waals surface area contributed by atoms with Gasteiger partial charge in [0, 0.05) is 19.5 Å². The second-order valence-corrected chi connectivity index (χ2v) is 11.3. The predicted octanol–water partition coefficient (Wildman–Crippen LogP) is 4.10. The summed E-state index contributed by atoms with van der Waals surface area (Å²) in [5.74, 6) is -0.731. The summed E-state index contributed by atoms with van der Waals surface area (Å²) in [5, 5.41) is 2.86. The van der Waals surface area contributed by atoms with Crippen molar-refractivity contribution in [3.05, 3.63) is 101 Å². The molecule has 0 radical (unpaired) electrons. The molecule has 0 unspecified atom stereocenters. The largest absolute Gasteiger partial charge is 0.355 e. The smallest absolute Gasteiger partial charge is 0.244 e. The summed E-state index contributed by atoms with van der Waals surface area (Å²) < 4.78 is 27.0. The van der Waals surface area contributed by atoms with Gasteiger partial charge in [0.15, 0.2) is 0 Å². The Morgan fingerprint density at radius 3 is 2.11 bits per heavy atom. The second-order valence-electron chi connectivity index (χ2n) is 9.36. The monoisotopic (exact) mass is 535 g/mol. The number of aryl methyl sites for hydroxylation is 2. The average molecular weight is 536 g/mol. The van der Waals surface area contributed by atoms with E-state index in [1.807, 2.05) is 87.5 Å². The number of carbonyl (C=O) groups is 2. The van der Waals surface area contributed by atoms with Crippen LogP contribution >= 0.6 is 0 Å². The van der Waals surface area contributed by atoms with E-state index in [2.05, 4.69) is 5.32 Å². The van der Waals surface area contributed by atoms with Crippen molar-refractivity contribution in [3.8, 4) is 0 Å². The zero-order valence-corrected chi connectivity index (χ0v) is 23.4. The maximum absolute atomic E-state index is 14.0. The van der Waals surface area contributed by atoms with Crippen LogP contribution in [0, 0.1) is 6.92 Å². The van der Waals surface area contributed by atoms with Crippen LogP contribution in [0.2, 0.25) is 0 Å². The minimum Gasteiger partial charge on any atom is -0.355 e. The fourth-order valence-electron chi connectivity index (χ4n) is 4.38. The summed E-state index contributed by atoms with van der Waals surface area (Å²) in [4.78, 5) is 28.9. The van der Waals surface area contributed by atoms with Crippen molar-refractivity contribution >= 4 is 27.5 Å². The molecule has 0 aromatic heterocycles. The molecule has 2 amide bonds. The lowest BCUT2D eigenvalue weighted by Crippen LogP contribution is -2.53. The van der Waals surface area contributed by atoms with Gasteiger partial charge in [-0.05, 0) is 43.0 Å². The highest BCUT2D eigenvalue weighted by molar-refractivity contribution is 7.92. The Kier molecular flexibility index (Phi) is 10.1. The molecule has 3 rings (SSSR count). The highest BCUT2D eigenvalue weighted by Gasteiger charge is 2.33. The van der Waals surface area contributed by atoms with Crippen LogP contribution in [0.1, 0.15) is 36.1 Å². The third-order valence-electron chi connectivity index (χ3n) is 6.42. The number of likely N-dealkylation sites (N-methyl/N-ethyl adjacent to an activating group) is 1. The summed E-state index contributed by atoms with van der Waals surface area (Å²) >= 11 is 0. The Labute approximate surface area is 226 Å². The standard InChI is InChI=1S/C30H37N3O4S/c1-5-26-14-10-11-15-27(26)33(38(4,36)37)22-29(34)32(21-25-18-16-23(3)17-19-25)28(30(35)31-6-2)20-24-12-8-7-9-13-24/h7-19,28H,5-6,20-22H2,1-4H3,(H,31,35)/t28-/m0/s1. The highest BCUT2D eigenvalue weighted by atomic mass is 32.2. The van der Waals surface area contributed by atoms with Gasteiger partial charge in [-0.1, -0.05) is 85.3 Å². The number of rotatable bonds is 12. The number of hydrogen-bond donors (Lipinski definition) is 1. The molecule has 0 saturated heterocycles. The Hall–Kier alpha value is -3.65. The third kappa shape index (κ3) is 7.68. The number of amides is 2. The number of para-hydroxylation sites is 1. The summed E-state index contributed by atoms with van der Waals surface area (Å²) in [6, 6.07) is 23.6. The van der Waals surface area contributed by atoms with Crippen molar-refractivity contribution in [3.63, 3.8) is 0 Å². The number of carbonyl (C=O) groups excluding carboxylic acids is 2. The lowest BCUT2D eigenvalue weighted by atomic mass is 10.0. The molecule has 3 aromatic rings. The molecule has 38 heavy (non-hydrogen) atoms. The number of hydrogen-bond acceptors (Lipinski definition) is 4. The minimum atomic E-state index is -3.79. The topological polar surface area (TPSA) is 86.8 Å². The van der Waals surface area contributed by atoms with Crippen LogP contribution in [-0.4, -0.2) is 50.5 Å². The van der Waals surface area contributed by atoms with Crippen LogP contribution in [0.3, 0.4) is 0 Å². The van der Waals surface area contributed by atoms with Gasteiger partial charge in [0.1, 0.15) is 12.6 Å². The molecule has 0 heterocycles. The quantitative estimate of drug-likeness (QED) is 0.378. The van der Waals surface area contributed by atoms with Gasteiger partial charge in [0.05, 0.1) is 11.9 Å². The summed E-state index contributed by atoms with van der Waals surface area (Å²) in [7, 11) is -3.79. The van der Waals surface area contributed by atoms with E-state index in [0.29, 0.717) is 25.1 Å². The first-order chi connectivity index (χ1) is 18.1. The molecule has 7 nitrogen and oxygen atoms in total. The van der Waals surface area contributed by atoms with Gasteiger partial charge in [-0.3, -0.25) is 13.9 Å². The predicted molar refractivity (Wildman–Crippen MR) is 152 cm³/mol. The Balaban J connectivity index is 2.05. The van der Waals surface area contributed by atoms with E-state index in [0.717, 1.165) is 32.8 Å². The van der Waals surface area contributed by atoms with E-state index in [1.54, 1.807) is 12.1 Å². The SMILES string of the molecule is CCNC(=O)[C@H](Cc1ccccc1)N(Cc1ccc(C)cc1)C(=O)CN(c1ccccc1CC)S(C)(=O)=O. The molecule has 0 spiro atoms. The molecular formula is C30H37N3O4S. The van der Waals surface area contributed by atoms with Gasteiger partial charge < -0.3 is 10.2 Å². The molecule has 1 atom stereocenters. The van der Waals surface area contributed by atoms with Crippen LogP contribution in [0.5, 0.6) is 0 Å². The first kappa shape index (κ1) is 28.9. The molecule has 0 aliphatic heterocycles. The van der Waals surface area contributed by atoms with E-state index in [4.69, 9.17) is 0 Å². The molecule has 0 fully saturated rings. The first-order valence-corrected chi connectivity index (χ1v) is 14.7. The normalized spacial score (nSPS) is 12.0. The van der Waals surface area contributed by atoms with Gasteiger partial charge in [-0.15, -0.1) is 0 Å². The molecular weight excluding hydrogens is 498 g/mol. The van der Waals surface area contributed by atoms with Crippen molar-refractivity contribution in [2.75, 3.05) is 23.7 Å². The van der Waals surface area contributed by atoms with Crippen molar-refractivity contribution in [1.29, 1.82) is 0 Å². The van der Waals surface area contributed by atoms with E-state index >= 15 is 0 Å². The lowest BCUT2D eigenvalue weighted by molar-refractivity contribution is -0.140. The average Bonchev–Trinajstić information content (AvgIpc) is 2.90. The fourth-order valence-corrected chi connectivity index (χ4v) is 5.26. The van der Waals surface area contributed by atoms with E-state index in [-0.39, 0.29) is 12.5 Å². The molecule has 8 heteroatoms. The second kappa shape index (κ2) is 13.2. The summed E-state index contributed by atoms with van der Waals surface area (Å²) in [6.07, 6.45) is 2.01. The highest BCUT2D eigenvalue weighted by Crippen LogP contribution is 2.24. The number of sulfonamides is 1. The van der Waals surface area contributed by atoms with E-state index < -0.39 is 28.5 Å². The fraction of sp³-hybridized carbons (Fsp3) is 0.333. The summed E-state index contributed by atoms with van der Waals surface area (Å²) in [6.45, 7) is 5.92. The van der Waals surface area contributed by atoms with Crippen LogP contribution < -0.4 is 9.62 Å². The first-order valence-electron chi connectivity index (χ1n) is 12.9. The van der Waals surface area contributed by atoms with E-state index in [1.165, 1.54) is 4.90 Å². The van der Waals surface area contributed by atoms with Gasteiger partial charge in [-0.25, -0.2) is 8.42 Å². The number of anilines is 1. The van der Waals surface area contributed by atoms with Gasteiger partial charge in [0.25, 0.3) is 0 Å². The molecule has 1 N–H and O–H groups in total. The van der Waals surface area contributed by atoms with Crippen LogP contribution in [0.15, 0.2) is 78.9 Å². The zero-order chi connectivity index (χ0) is 27.7. The lowest BCUT2D eigenvalue weighted by Gasteiger charge is -2.34. The molecule has 0 aliphatic carbocycles. The molecule has 0 aliphatic rings. The van der Waals surface area contributed by atoms with E-state index in [9.17, 15) is 18.0 Å².